The Bertz CT molecular complexity index is 938. The minimum absolute atomic E-state index is 0.0149. The Labute approximate surface area is 166 Å². The number of H-pyrrole nitrogens is 1. The van der Waals surface area contributed by atoms with E-state index in [1.807, 2.05) is 4.90 Å². The van der Waals surface area contributed by atoms with E-state index in [1.54, 1.807) is 11.2 Å². The fraction of sp³-hybridized carbons (Fsp3) is 0.450. The molecular formula is C20H22F2N4O3. The van der Waals surface area contributed by atoms with E-state index in [2.05, 4.69) is 9.97 Å². The third kappa shape index (κ3) is 3.29. The molecule has 3 heterocycles. The topological polar surface area (TPSA) is 78.5 Å². The first-order valence-corrected chi connectivity index (χ1v) is 9.53. The van der Waals surface area contributed by atoms with Crippen LogP contribution in [0.1, 0.15) is 34.6 Å². The number of benzene rings is 1. The summed E-state index contributed by atoms with van der Waals surface area (Å²) in [7, 11) is 1.48. The molecule has 2 aliphatic rings. The van der Waals surface area contributed by atoms with Crippen LogP contribution in [0.4, 0.5) is 8.78 Å². The quantitative estimate of drug-likeness (QED) is 0.847. The zero-order valence-electron chi connectivity index (χ0n) is 16.1. The number of nitrogens with zero attached hydrogens (tertiary/aromatic N) is 3. The van der Waals surface area contributed by atoms with Gasteiger partial charge < -0.3 is 19.5 Å². The Hall–Kier alpha value is -2.81. The minimum atomic E-state index is -1.05. The maximum Gasteiger partial charge on any atom is 0.253 e. The molecule has 1 aromatic heterocycles. The van der Waals surface area contributed by atoms with Crippen LogP contribution in [-0.2, 0) is 21.5 Å². The molecule has 0 saturated carbocycles. The number of hydrogen-bond acceptors (Lipinski definition) is 4. The Morgan fingerprint density at radius 1 is 1.21 bits per heavy atom. The van der Waals surface area contributed by atoms with E-state index >= 15 is 0 Å². The minimum Gasteiger partial charge on any atom is -0.375 e. The second-order valence-corrected chi connectivity index (χ2v) is 7.41. The van der Waals surface area contributed by atoms with Crippen LogP contribution in [0.25, 0.3) is 0 Å². The van der Waals surface area contributed by atoms with Crippen molar-refractivity contribution in [3.8, 4) is 0 Å². The number of likely N-dealkylation sites (tertiary alicyclic amines) is 1. The Morgan fingerprint density at radius 2 is 1.97 bits per heavy atom. The highest BCUT2D eigenvalue weighted by Crippen LogP contribution is 2.42. The van der Waals surface area contributed by atoms with Crippen molar-refractivity contribution >= 4 is 11.8 Å². The van der Waals surface area contributed by atoms with Crippen molar-refractivity contribution in [3.05, 3.63) is 53.1 Å². The fourth-order valence-electron chi connectivity index (χ4n) is 4.44. The van der Waals surface area contributed by atoms with Gasteiger partial charge in [0.05, 0.1) is 17.6 Å². The lowest BCUT2D eigenvalue weighted by molar-refractivity contribution is -0.145. The number of piperidine rings is 1. The number of aromatic amines is 1. The van der Waals surface area contributed by atoms with Gasteiger partial charge in [-0.1, -0.05) is 0 Å². The average molecular weight is 404 g/mol. The van der Waals surface area contributed by atoms with Gasteiger partial charge in [-0.15, -0.1) is 0 Å². The molecule has 1 saturated heterocycles. The fourth-order valence-corrected chi connectivity index (χ4v) is 4.44. The number of aromatic nitrogens is 2. The zero-order valence-corrected chi connectivity index (χ0v) is 16.1. The number of imidazole rings is 1. The number of nitrogens with one attached hydrogen (secondary N) is 1. The smallest absolute Gasteiger partial charge is 0.253 e. The lowest BCUT2D eigenvalue weighted by Gasteiger charge is -2.50. The molecule has 1 fully saturated rings. The highest BCUT2D eigenvalue weighted by Gasteiger charge is 2.49. The summed E-state index contributed by atoms with van der Waals surface area (Å²) in [5.41, 5.74) is 1.35. The monoisotopic (exact) mass is 404 g/mol. The Kier molecular flexibility index (Phi) is 5.08. The predicted octanol–water partition coefficient (Wildman–Crippen LogP) is 1.85. The summed E-state index contributed by atoms with van der Waals surface area (Å²) < 4.78 is 31.7. The summed E-state index contributed by atoms with van der Waals surface area (Å²) in [5.74, 6) is -2.50. The number of carbonyl (C=O) groups is 2. The number of methoxy groups -OCH3 is 1. The van der Waals surface area contributed by atoms with Gasteiger partial charge in [0.25, 0.3) is 5.91 Å². The van der Waals surface area contributed by atoms with Gasteiger partial charge in [-0.2, -0.15) is 0 Å². The van der Waals surface area contributed by atoms with Gasteiger partial charge in [0, 0.05) is 44.4 Å². The number of amides is 2. The van der Waals surface area contributed by atoms with Crippen LogP contribution in [0.2, 0.25) is 0 Å². The van der Waals surface area contributed by atoms with Crippen molar-refractivity contribution in [2.75, 3.05) is 33.4 Å². The molecule has 0 bridgehead atoms. The normalized spacial score (nSPS) is 18.0. The van der Waals surface area contributed by atoms with Crippen LogP contribution in [0.5, 0.6) is 0 Å². The van der Waals surface area contributed by atoms with E-state index in [0.717, 1.165) is 23.5 Å². The van der Waals surface area contributed by atoms with Crippen molar-refractivity contribution in [2.45, 2.75) is 24.8 Å². The molecule has 7 nitrogen and oxygen atoms in total. The lowest BCUT2D eigenvalue weighted by atomic mass is 9.78. The third-order valence-corrected chi connectivity index (χ3v) is 5.87. The van der Waals surface area contributed by atoms with E-state index in [0.29, 0.717) is 38.9 Å². The number of halogens is 2. The van der Waals surface area contributed by atoms with Crippen molar-refractivity contribution in [1.29, 1.82) is 0 Å². The van der Waals surface area contributed by atoms with Crippen molar-refractivity contribution < 1.29 is 23.1 Å². The first kappa shape index (κ1) is 19.5. The molecule has 0 radical (unpaired) electrons. The van der Waals surface area contributed by atoms with Gasteiger partial charge >= 0.3 is 0 Å². The molecule has 1 aromatic carbocycles. The maximum absolute atomic E-state index is 13.5. The van der Waals surface area contributed by atoms with Gasteiger partial charge in [-0.25, -0.2) is 13.8 Å². The molecule has 1 spiro atoms. The molecule has 29 heavy (non-hydrogen) atoms. The molecule has 2 aliphatic heterocycles. The summed E-state index contributed by atoms with van der Waals surface area (Å²) in [4.78, 5) is 36.5. The number of ether oxygens (including phenoxy) is 1. The standard InChI is InChI=1S/C20H22F2N4O3/c1-29-11-17(27)26-7-4-16-18(24-12-23-16)20(26)5-8-25(9-6-20)19(28)13-2-3-14(21)15(22)10-13/h2-3,10,12H,4-9,11H2,1H3,(H,23,24). The second-order valence-electron chi connectivity index (χ2n) is 7.41. The molecule has 2 amide bonds. The SMILES string of the molecule is COCC(=O)N1CCc2[nH]cnc2C12CCN(C(=O)c1ccc(F)c(F)c1)CC2. The molecule has 0 unspecified atom stereocenters. The lowest BCUT2D eigenvalue weighted by Crippen LogP contribution is -2.59. The number of rotatable bonds is 3. The predicted molar refractivity (Wildman–Crippen MR) is 99.1 cm³/mol. The molecule has 0 aliphatic carbocycles. The molecule has 9 heteroatoms. The summed E-state index contributed by atoms with van der Waals surface area (Å²) >= 11 is 0. The number of hydrogen-bond donors (Lipinski definition) is 1. The zero-order chi connectivity index (χ0) is 20.6. The van der Waals surface area contributed by atoms with E-state index < -0.39 is 17.2 Å². The summed E-state index contributed by atoms with van der Waals surface area (Å²) in [6, 6.07) is 3.16. The van der Waals surface area contributed by atoms with Gasteiger partial charge in [-0.3, -0.25) is 9.59 Å². The van der Waals surface area contributed by atoms with E-state index in [4.69, 9.17) is 4.74 Å². The van der Waals surface area contributed by atoms with Crippen LogP contribution in [0.3, 0.4) is 0 Å². The average Bonchev–Trinajstić information content (AvgIpc) is 3.21. The molecule has 0 atom stereocenters. The van der Waals surface area contributed by atoms with Crippen LogP contribution in [0.15, 0.2) is 24.5 Å². The first-order chi connectivity index (χ1) is 14.0. The van der Waals surface area contributed by atoms with Crippen LogP contribution in [0, 0.1) is 11.6 Å². The van der Waals surface area contributed by atoms with Crippen molar-refractivity contribution in [2.24, 2.45) is 0 Å². The Morgan fingerprint density at radius 3 is 2.66 bits per heavy atom. The molecule has 4 rings (SSSR count). The van der Waals surface area contributed by atoms with Gasteiger partial charge in [0.1, 0.15) is 6.61 Å². The van der Waals surface area contributed by atoms with Crippen molar-refractivity contribution in [3.63, 3.8) is 0 Å². The highest BCUT2D eigenvalue weighted by molar-refractivity contribution is 5.94. The maximum atomic E-state index is 13.5. The van der Waals surface area contributed by atoms with E-state index in [9.17, 15) is 18.4 Å². The van der Waals surface area contributed by atoms with Crippen LogP contribution >= 0.6 is 0 Å². The molecule has 2 aromatic rings. The second kappa shape index (κ2) is 7.55. The van der Waals surface area contributed by atoms with Gasteiger partial charge in [0.15, 0.2) is 11.6 Å². The molecule has 154 valence electrons. The third-order valence-electron chi connectivity index (χ3n) is 5.87. The first-order valence-electron chi connectivity index (χ1n) is 9.53. The van der Waals surface area contributed by atoms with Crippen LogP contribution in [-0.4, -0.2) is 64.9 Å². The highest BCUT2D eigenvalue weighted by atomic mass is 19.2. The molecular weight excluding hydrogens is 382 g/mol. The van der Waals surface area contributed by atoms with E-state index in [-0.39, 0.29) is 24.0 Å². The Balaban J connectivity index is 1.57. The van der Waals surface area contributed by atoms with Crippen molar-refractivity contribution in [1.82, 2.24) is 19.8 Å². The van der Waals surface area contributed by atoms with Gasteiger partial charge in [-0.05, 0) is 31.0 Å². The summed E-state index contributed by atoms with van der Waals surface area (Å²) in [6.07, 6.45) is 3.34. The summed E-state index contributed by atoms with van der Waals surface area (Å²) in [6.45, 7) is 1.29. The largest absolute Gasteiger partial charge is 0.375 e. The summed E-state index contributed by atoms with van der Waals surface area (Å²) in [5, 5.41) is 0. The van der Waals surface area contributed by atoms with Crippen LogP contribution < -0.4 is 0 Å². The number of fused-ring (bicyclic) bond motifs is 2. The van der Waals surface area contributed by atoms with E-state index in [1.165, 1.54) is 13.2 Å². The van der Waals surface area contributed by atoms with Gasteiger partial charge in [0.2, 0.25) is 5.91 Å². The molecule has 1 N–H and O–H groups in total. The number of carbonyl (C=O) groups excluding carboxylic acids is 2.